The molecule has 0 amide bonds. The van der Waals surface area contributed by atoms with Crippen molar-refractivity contribution in [3.8, 4) is 11.5 Å². The van der Waals surface area contributed by atoms with Gasteiger partial charge in [0.05, 0.1) is 13.2 Å². The van der Waals surface area contributed by atoms with Gasteiger partial charge in [-0.25, -0.2) is 0 Å². The number of phenols is 1. The minimum absolute atomic E-state index is 0.211. The molecule has 0 spiro atoms. The zero-order valence-corrected chi connectivity index (χ0v) is 16.5. The van der Waals surface area contributed by atoms with Crippen molar-refractivity contribution in [1.29, 1.82) is 0 Å². The first-order valence-corrected chi connectivity index (χ1v) is 9.32. The van der Waals surface area contributed by atoms with E-state index < -0.39 is 42.7 Å². The van der Waals surface area contributed by atoms with Gasteiger partial charge in [-0.3, -0.25) is 0 Å². The van der Waals surface area contributed by atoms with E-state index in [9.17, 15) is 25.5 Å². The largest absolute Gasteiger partial charge is 0.507 e. The van der Waals surface area contributed by atoms with E-state index in [1.165, 1.54) is 0 Å². The predicted octanol–water partition coefficient (Wildman–Crippen LogP) is 0.491. The van der Waals surface area contributed by atoms with Gasteiger partial charge in [0.25, 0.3) is 0 Å². The molecular weight excluding hydrogens is 352 g/mol. The lowest BCUT2D eigenvalue weighted by Crippen LogP contribution is -2.68. The Labute approximate surface area is 159 Å². The molecular formula is C20H30O7. The molecule has 0 aliphatic carbocycles. The van der Waals surface area contributed by atoms with Crippen LogP contribution in [0.1, 0.15) is 36.1 Å². The van der Waals surface area contributed by atoms with Gasteiger partial charge in [0, 0.05) is 11.5 Å². The van der Waals surface area contributed by atoms with Crippen LogP contribution in [-0.4, -0.2) is 68.3 Å². The van der Waals surface area contributed by atoms with Crippen molar-refractivity contribution in [2.75, 3.05) is 13.2 Å². The molecule has 6 atom stereocenters. The molecule has 152 valence electrons. The quantitative estimate of drug-likeness (QED) is 0.516. The molecule has 2 aliphatic rings. The zero-order chi connectivity index (χ0) is 20.3. The number of fused-ring (bicyclic) bond motifs is 1. The van der Waals surface area contributed by atoms with Gasteiger partial charge in [0.2, 0.25) is 0 Å². The van der Waals surface area contributed by atoms with Crippen molar-refractivity contribution in [2.45, 2.75) is 70.6 Å². The van der Waals surface area contributed by atoms with Gasteiger partial charge in [-0.15, -0.1) is 0 Å². The molecule has 0 aromatic heterocycles. The van der Waals surface area contributed by atoms with Crippen LogP contribution in [0, 0.1) is 26.7 Å². The summed E-state index contributed by atoms with van der Waals surface area (Å²) in [5, 5.41) is 51.1. The predicted molar refractivity (Wildman–Crippen MR) is 98.0 cm³/mol. The number of rotatable bonds is 3. The Morgan fingerprint density at radius 2 is 1.70 bits per heavy atom. The molecule has 0 saturated carbocycles. The maximum Gasteiger partial charge on any atom is 0.159 e. The average Bonchev–Trinajstić information content (AvgIpc) is 2.92. The summed E-state index contributed by atoms with van der Waals surface area (Å²) in [5.74, 6) is 0.640. The molecule has 0 bridgehead atoms. The Balaban J connectivity index is 2.15. The van der Waals surface area contributed by atoms with Crippen molar-refractivity contribution in [2.24, 2.45) is 5.92 Å². The smallest absolute Gasteiger partial charge is 0.159 e. The van der Waals surface area contributed by atoms with E-state index in [0.29, 0.717) is 17.7 Å². The van der Waals surface area contributed by atoms with E-state index >= 15 is 0 Å². The van der Waals surface area contributed by atoms with Crippen LogP contribution >= 0.6 is 0 Å². The summed E-state index contributed by atoms with van der Waals surface area (Å²) in [4.78, 5) is 0. The molecule has 2 heterocycles. The number of hydrogen-bond donors (Lipinski definition) is 5. The highest BCUT2D eigenvalue weighted by atomic mass is 16.6. The highest BCUT2D eigenvalue weighted by molar-refractivity contribution is 5.58. The number of aromatic hydroxyl groups is 1. The van der Waals surface area contributed by atoms with Crippen LogP contribution in [0.2, 0.25) is 0 Å². The Morgan fingerprint density at radius 1 is 1.07 bits per heavy atom. The second kappa shape index (κ2) is 6.60. The summed E-state index contributed by atoms with van der Waals surface area (Å²) in [6, 6.07) is 0. The van der Waals surface area contributed by atoms with Crippen LogP contribution in [-0.2, 0) is 11.2 Å². The number of benzene rings is 1. The van der Waals surface area contributed by atoms with Crippen molar-refractivity contribution in [3.63, 3.8) is 0 Å². The highest BCUT2D eigenvalue weighted by Gasteiger charge is 2.67. The maximum absolute atomic E-state index is 10.7. The Morgan fingerprint density at radius 3 is 2.22 bits per heavy atom. The number of aliphatic hydroxyl groups excluding tert-OH is 4. The van der Waals surface area contributed by atoms with E-state index in [0.717, 1.165) is 16.7 Å². The van der Waals surface area contributed by atoms with Crippen LogP contribution < -0.4 is 4.74 Å². The lowest BCUT2D eigenvalue weighted by molar-refractivity contribution is -0.227. The molecule has 7 nitrogen and oxygen atoms in total. The third kappa shape index (κ3) is 2.53. The number of phenolic OH excluding ortho intramolecular Hbond substituents is 1. The molecule has 0 radical (unpaired) electrons. The normalized spacial score (nSPS) is 38.6. The molecule has 1 aromatic carbocycles. The topological polar surface area (TPSA) is 120 Å². The summed E-state index contributed by atoms with van der Waals surface area (Å²) >= 11 is 0. The number of aliphatic hydroxyl groups is 4. The molecule has 2 unspecified atom stereocenters. The third-order valence-electron chi connectivity index (χ3n) is 6.90. The molecule has 3 rings (SSSR count). The number of ether oxygens (including phenoxy) is 2. The molecule has 1 saturated heterocycles. The van der Waals surface area contributed by atoms with Crippen LogP contribution in [0.5, 0.6) is 11.5 Å². The Kier molecular flexibility index (Phi) is 4.98. The van der Waals surface area contributed by atoms with Crippen LogP contribution in [0.3, 0.4) is 0 Å². The third-order valence-corrected chi connectivity index (χ3v) is 6.90. The van der Waals surface area contributed by atoms with Gasteiger partial charge >= 0.3 is 0 Å². The van der Waals surface area contributed by atoms with E-state index in [2.05, 4.69) is 0 Å². The first-order valence-electron chi connectivity index (χ1n) is 9.32. The SMILES string of the molecule is Cc1c(C)c2c(c(C)c1O)CC(C)C(C)([C@]1(CO)O[C@H](CO)[C@@H](O)[C@@H]1O)O2. The van der Waals surface area contributed by atoms with E-state index in [4.69, 9.17) is 9.47 Å². The van der Waals surface area contributed by atoms with Gasteiger partial charge in [-0.1, -0.05) is 6.92 Å². The van der Waals surface area contributed by atoms with Crippen molar-refractivity contribution >= 4 is 0 Å². The fraction of sp³-hybridized carbons (Fsp3) is 0.700. The maximum atomic E-state index is 10.7. The molecule has 27 heavy (non-hydrogen) atoms. The monoisotopic (exact) mass is 382 g/mol. The standard InChI is InChI=1S/C20H30O7/c1-9-6-13-12(4)15(23)10(2)11(3)17(13)27-19(9,5)20(8-22)18(25)16(24)14(7-21)26-20/h9,14,16,18,21-25H,6-8H2,1-5H3/t9?,14-,16-,18+,19?,20-/m1/s1. The molecule has 5 N–H and O–H groups in total. The van der Waals surface area contributed by atoms with E-state index in [1.807, 2.05) is 27.7 Å². The molecule has 1 fully saturated rings. The van der Waals surface area contributed by atoms with Gasteiger partial charge in [-0.05, 0) is 50.8 Å². The van der Waals surface area contributed by atoms with Crippen LogP contribution in [0.25, 0.3) is 0 Å². The van der Waals surface area contributed by atoms with Gasteiger partial charge < -0.3 is 35.0 Å². The summed E-state index contributed by atoms with van der Waals surface area (Å²) in [6.45, 7) is 8.12. The summed E-state index contributed by atoms with van der Waals surface area (Å²) in [7, 11) is 0. The molecule has 1 aromatic rings. The summed E-state index contributed by atoms with van der Waals surface area (Å²) in [6.07, 6.45) is -3.22. The first-order chi connectivity index (χ1) is 12.6. The lowest BCUT2D eigenvalue weighted by atomic mass is 9.68. The van der Waals surface area contributed by atoms with Crippen molar-refractivity contribution in [3.05, 3.63) is 22.3 Å². The van der Waals surface area contributed by atoms with Crippen LogP contribution in [0.4, 0.5) is 0 Å². The minimum Gasteiger partial charge on any atom is -0.507 e. The summed E-state index contributed by atoms with van der Waals surface area (Å²) in [5.41, 5.74) is 0.373. The zero-order valence-electron chi connectivity index (χ0n) is 16.5. The van der Waals surface area contributed by atoms with E-state index in [-0.39, 0.29) is 11.7 Å². The second-order valence-electron chi connectivity index (χ2n) is 8.17. The van der Waals surface area contributed by atoms with Crippen molar-refractivity contribution < 1.29 is 35.0 Å². The Bertz CT molecular complexity index is 749. The molecule has 7 heteroatoms. The second-order valence-corrected chi connectivity index (χ2v) is 8.17. The minimum atomic E-state index is -1.59. The van der Waals surface area contributed by atoms with E-state index in [1.54, 1.807) is 6.92 Å². The molecule has 2 aliphatic heterocycles. The summed E-state index contributed by atoms with van der Waals surface area (Å²) < 4.78 is 12.3. The van der Waals surface area contributed by atoms with Gasteiger partial charge in [-0.2, -0.15) is 0 Å². The van der Waals surface area contributed by atoms with Gasteiger partial charge in [0.1, 0.15) is 35.4 Å². The van der Waals surface area contributed by atoms with Crippen LogP contribution in [0.15, 0.2) is 0 Å². The van der Waals surface area contributed by atoms with Crippen molar-refractivity contribution in [1.82, 2.24) is 0 Å². The number of hydrogen-bond acceptors (Lipinski definition) is 7. The first kappa shape index (κ1) is 20.4. The highest BCUT2D eigenvalue weighted by Crippen LogP contribution is 2.52. The Hall–Kier alpha value is -1.38. The average molecular weight is 382 g/mol. The van der Waals surface area contributed by atoms with Gasteiger partial charge in [0.15, 0.2) is 5.60 Å². The lowest BCUT2D eigenvalue weighted by Gasteiger charge is -2.52. The fourth-order valence-electron chi connectivity index (χ4n) is 4.60. The fourth-order valence-corrected chi connectivity index (χ4v) is 4.60.